The highest BCUT2D eigenvalue weighted by Gasteiger charge is 2.57. The molecule has 0 spiro atoms. The van der Waals surface area contributed by atoms with Crippen LogP contribution in [0.2, 0.25) is 0 Å². The number of piperazine rings is 1. The molecule has 3 saturated heterocycles. The lowest BCUT2D eigenvalue weighted by atomic mass is 9.78. The number of nitrogens with zero attached hydrogens (tertiary/aromatic N) is 6. The molecule has 6 amide bonds. The van der Waals surface area contributed by atoms with Crippen LogP contribution in [0.3, 0.4) is 0 Å². The number of rotatable bonds is 15. The van der Waals surface area contributed by atoms with Crippen LogP contribution < -0.4 is 5.32 Å². The highest BCUT2D eigenvalue weighted by atomic mass is 16.6. The monoisotopic (exact) mass is 915 g/mol. The summed E-state index contributed by atoms with van der Waals surface area (Å²) in [5, 5.41) is 2.63. The van der Waals surface area contributed by atoms with Crippen LogP contribution in [0.15, 0.2) is 120 Å². The van der Waals surface area contributed by atoms with Crippen molar-refractivity contribution in [2.75, 3.05) is 45.9 Å². The molecule has 17 nitrogen and oxygen atoms in total. The lowest BCUT2D eigenvalue weighted by Gasteiger charge is -2.48. The average Bonchev–Trinajstić information content (AvgIpc) is 3.37. The summed E-state index contributed by atoms with van der Waals surface area (Å²) >= 11 is 0. The number of pyridine rings is 1. The third kappa shape index (κ3) is 13.9. The highest BCUT2D eigenvalue weighted by molar-refractivity contribution is 6.08. The number of likely N-dealkylation sites (tertiary alicyclic amines) is 2. The predicted octanol–water partition coefficient (Wildman–Crippen LogP) is 6.96. The number of amides is 6. The summed E-state index contributed by atoms with van der Waals surface area (Å²) in [7, 11) is 0. The SMILES string of the molecule is O=C(/N=C(\NC(=O)OCc1ccccc1)N1CCCC(C[C@H]2C(=O)N(C(=O)N3CCN(C(=O)OCCCCCc4ccccn4)CC3)C2C(=O)OCc2ccccc2)C1)OCc1ccccc1. The van der Waals surface area contributed by atoms with Crippen molar-refractivity contribution in [1.29, 1.82) is 0 Å². The molecular formula is C50H57N7O10. The fourth-order valence-corrected chi connectivity index (χ4v) is 8.36. The number of unbranched alkanes of at least 4 members (excludes halogenated alkanes) is 2. The van der Waals surface area contributed by atoms with E-state index in [0.717, 1.165) is 53.0 Å². The Morgan fingerprint density at radius 3 is 1.91 bits per heavy atom. The lowest BCUT2D eigenvalue weighted by Crippen LogP contribution is -2.70. The number of benzene rings is 3. The number of piperidine rings is 1. The van der Waals surface area contributed by atoms with Gasteiger partial charge >= 0.3 is 30.3 Å². The van der Waals surface area contributed by atoms with Crippen LogP contribution >= 0.6 is 0 Å². The van der Waals surface area contributed by atoms with Crippen molar-refractivity contribution in [2.24, 2.45) is 16.8 Å². The number of imide groups is 1. The number of aryl methyl sites for hydroxylation is 1. The Morgan fingerprint density at radius 1 is 0.657 bits per heavy atom. The van der Waals surface area contributed by atoms with Crippen LogP contribution in [0.1, 0.15) is 60.9 Å². The van der Waals surface area contributed by atoms with E-state index in [1.54, 1.807) is 11.1 Å². The maximum absolute atomic E-state index is 14.1. The maximum Gasteiger partial charge on any atom is 0.437 e. The van der Waals surface area contributed by atoms with E-state index in [-0.39, 0.29) is 77.4 Å². The van der Waals surface area contributed by atoms with Crippen molar-refractivity contribution in [1.82, 2.24) is 29.9 Å². The van der Waals surface area contributed by atoms with Crippen LogP contribution in [-0.4, -0.2) is 119 Å². The molecule has 0 saturated carbocycles. The predicted molar refractivity (Wildman–Crippen MR) is 245 cm³/mol. The van der Waals surface area contributed by atoms with Gasteiger partial charge in [0.15, 0.2) is 6.04 Å². The van der Waals surface area contributed by atoms with Gasteiger partial charge in [0.25, 0.3) is 0 Å². The maximum atomic E-state index is 14.1. The normalized spacial score (nSPS) is 18.4. The number of ether oxygens (including phenoxy) is 4. The molecule has 4 aromatic rings. The van der Waals surface area contributed by atoms with E-state index >= 15 is 0 Å². The molecule has 7 rings (SSSR count). The van der Waals surface area contributed by atoms with E-state index in [4.69, 9.17) is 18.9 Å². The van der Waals surface area contributed by atoms with Gasteiger partial charge in [-0.05, 0) is 79.7 Å². The standard InChI is InChI=1S/C50H57N7O10/c58-44-42(32-40-22-15-26-56(33-40)46(52-47(60)66-35-38-18-7-2-8-19-38)53-48(61)67-36-39-20-9-3-10-21-39)43(45(59)65-34-37-16-5-1-6-17-37)57(44)49(62)54-27-29-55(30-28-54)50(63)64-31-14-4-11-23-41-24-12-13-25-51-41/h1-3,5-10,12-13,16-21,24-25,40,42-43H,4,11,14-15,22-23,26-36H2,(H,52,53,60,61)/t40?,42-,43?/m1/s1. The van der Waals surface area contributed by atoms with Crippen molar-refractivity contribution in [2.45, 2.75) is 70.8 Å². The summed E-state index contributed by atoms with van der Waals surface area (Å²) in [4.78, 5) is 95.3. The summed E-state index contributed by atoms with van der Waals surface area (Å²) in [6, 6.07) is 31.4. The van der Waals surface area contributed by atoms with Crippen molar-refractivity contribution in [3.8, 4) is 0 Å². The smallest absolute Gasteiger partial charge is 0.437 e. The number of carbonyl (C=O) groups is 6. The molecule has 1 aromatic heterocycles. The average molecular weight is 916 g/mol. The number of β-lactam (4-membered cyclic amide) rings is 1. The number of carbonyl (C=O) groups excluding carboxylic acids is 6. The van der Waals surface area contributed by atoms with Crippen molar-refractivity contribution in [3.05, 3.63) is 138 Å². The number of urea groups is 1. The molecule has 0 aliphatic carbocycles. The minimum atomic E-state index is -1.19. The van der Waals surface area contributed by atoms with Crippen LogP contribution in [0.4, 0.5) is 19.2 Å². The number of aromatic nitrogens is 1. The molecule has 67 heavy (non-hydrogen) atoms. The number of esters is 1. The van der Waals surface area contributed by atoms with Gasteiger partial charge in [-0.3, -0.25) is 15.1 Å². The first-order valence-corrected chi connectivity index (χ1v) is 22.9. The second-order valence-electron chi connectivity index (χ2n) is 16.7. The third-order valence-electron chi connectivity index (χ3n) is 12.0. The van der Waals surface area contributed by atoms with Gasteiger partial charge in [-0.2, -0.15) is 0 Å². The highest BCUT2D eigenvalue weighted by Crippen LogP contribution is 2.37. The van der Waals surface area contributed by atoms with E-state index in [2.05, 4.69) is 15.3 Å². The molecule has 3 aliphatic rings. The summed E-state index contributed by atoms with van der Waals surface area (Å²) in [6.45, 7) is 1.56. The first kappa shape index (κ1) is 47.7. The Morgan fingerprint density at radius 2 is 1.27 bits per heavy atom. The van der Waals surface area contributed by atoms with E-state index in [1.165, 1.54) is 9.80 Å². The quantitative estimate of drug-likeness (QED) is 0.0323. The number of guanidine groups is 1. The Balaban J connectivity index is 0.965. The van der Waals surface area contributed by atoms with E-state index in [1.807, 2.05) is 109 Å². The molecule has 3 fully saturated rings. The zero-order chi connectivity index (χ0) is 46.8. The van der Waals surface area contributed by atoms with Gasteiger partial charge in [-0.1, -0.05) is 97.1 Å². The molecule has 0 radical (unpaired) electrons. The lowest BCUT2D eigenvalue weighted by molar-refractivity contribution is -0.172. The van der Waals surface area contributed by atoms with Crippen LogP contribution in [-0.2, 0) is 54.8 Å². The van der Waals surface area contributed by atoms with Crippen molar-refractivity contribution >= 4 is 42.1 Å². The molecule has 1 N–H and O–H groups in total. The van der Waals surface area contributed by atoms with E-state index < -0.39 is 48.1 Å². The van der Waals surface area contributed by atoms with Gasteiger partial charge < -0.3 is 33.6 Å². The largest absolute Gasteiger partial charge is 0.459 e. The van der Waals surface area contributed by atoms with Gasteiger partial charge in [-0.25, -0.2) is 28.9 Å². The fourth-order valence-electron chi connectivity index (χ4n) is 8.36. The number of hydrogen-bond acceptors (Lipinski definition) is 11. The first-order chi connectivity index (χ1) is 32.7. The number of nitrogens with one attached hydrogen (secondary N) is 1. The topological polar surface area (TPSA) is 190 Å². The second-order valence-corrected chi connectivity index (χ2v) is 16.7. The van der Waals surface area contributed by atoms with Crippen LogP contribution in [0.5, 0.6) is 0 Å². The van der Waals surface area contributed by atoms with Crippen LogP contribution in [0.25, 0.3) is 0 Å². The Bertz CT molecular complexity index is 2300. The number of aliphatic imine (C=N–C) groups is 1. The minimum absolute atomic E-state index is 0.0151. The zero-order valence-corrected chi connectivity index (χ0v) is 37.5. The van der Waals surface area contributed by atoms with Crippen molar-refractivity contribution < 1.29 is 47.7 Å². The third-order valence-corrected chi connectivity index (χ3v) is 12.0. The van der Waals surface area contributed by atoms with Gasteiger partial charge in [0.05, 0.1) is 12.5 Å². The Hall–Kier alpha value is -7.30. The summed E-state index contributed by atoms with van der Waals surface area (Å²) in [5.41, 5.74) is 3.30. The fraction of sp³-hybridized carbons (Fsp3) is 0.400. The Labute approximate surface area is 390 Å². The van der Waals surface area contributed by atoms with Gasteiger partial charge in [-0.15, -0.1) is 4.99 Å². The van der Waals surface area contributed by atoms with Crippen LogP contribution in [0, 0.1) is 11.8 Å². The number of hydrogen-bond donors (Lipinski definition) is 1. The first-order valence-electron chi connectivity index (χ1n) is 22.9. The molecule has 17 heteroatoms. The molecule has 3 atom stereocenters. The zero-order valence-electron chi connectivity index (χ0n) is 37.5. The molecule has 3 aromatic carbocycles. The van der Waals surface area contributed by atoms with Crippen molar-refractivity contribution in [3.63, 3.8) is 0 Å². The minimum Gasteiger partial charge on any atom is -0.459 e. The molecule has 2 unspecified atom stereocenters. The van der Waals surface area contributed by atoms with Gasteiger partial charge in [0.1, 0.15) is 19.8 Å². The Kier molecular flexibility index (Phi) is 17.3. The van der Waals surface area contributed by atoms with E-state index in [9.17, 15) is 28.8 Å². The summed E-state index contributed by atoms with van der Waals surface area (Å²) in [5.74, 6) is -2.38. The number of alkyl carbamates (subject to hydrolysis) is 1. The van der Waals surface area contributed by atoms with Gasteiger partial charge in [0.2, 0.25) is 11.9 Å². The molecule has 4 heterocycles. The second kappa shape index (κ2) is 24.3. The summed E-state index contributed by atoms with van der Waals surface area (Å²) < 4.78 is 22.1. The van der Waals surface area contributed by atoms with E-state index in [0.29, 0.717) is 19.4 Å². The summed E-state index contributed by atoms with van der Waals surface area (Å²) in [6.07, 6.45) is 4.44. The molecule has 3 aliphatic heterocycles. The molecule has 0 bridgehead atoms. The van der Waals surface area contributed by atoms with Gasteiger partial charge in [0, 0.05) is 51.2 Å². The molecular weight excluding hydrogens is 859 g/mol. The molecule has 352 valence electrons.